The molecule has 2 fully saturated rings. The molecule has 4 nitrogen and oxygen atoms in total. The molecule has 0 radical (unpaired) electrons. The van der Waals surface area contributed by atoms with Crippen LogP contribution in [0, 0.1) is 5.92 Å². The van der Waals surface area contributed by atoms with Gasteiger partial charge in [-0.3, -0.25) is 0 Å². The number of sulfonamides is 1. The van der Waals surface area contributed by atoms with E-state index in [0.717, 1.165) is 38.5 Å². The Morgan fingerprint density at radius 2 is 1.83 bits per heavy atom. The molecule has 2 aliphatic carbocycles. The summed E-state index contributed by atoms with van der Waals surface area (Å²) in [5.41, 5.74) is 5.78. The van der Waals surface area contributed by atoms with Crippen LogP contribution in [0.15, 0.2) is 0 Å². The van der Waals surface area contributed by atoms with Gasteiger partial charge in [-0.25, -0.2) is 12.7 Å². The Labute approximate surface area is 111 Å². The van der Waals surface area contributed by atoms with Crippen molar-refractivity contribution in [1.82, 2.24) is 4.31 Å². The van der Waals surface area contributed by atoms with Crippen molar-refractivity contribution in [3.63, 3.8) is 0 Å². The lowest BCUT2D eigenvalue weighted by molar-refractivity contribution is 0.308. The quantitative estimate of drug-likeness (QED) is 0.830. The van der Waals surface area contributed by atoms with E-state index in [2.05, 4.69) is 0 Å². The van der Waals surface area contributed by atoms with Gasteiger partial charge in [0.25, 0.3) is 0 Å². The average Bonchev–Trinajstić information content (AvgIpc) is 3.10. The van der Waals surface area contributed by atoms with E-state index < -0.39 is 15.6 Å². The van der Waals surface area contributed by atoms with Crippen LogP contribution in [-0.2, 0) is 10.0 Å². The highest BCUT2D eigenvalue weighted by Crippen LogP contribution is 2.36. The van der Waals surface area contributed by atoms with E-state index in [4.69, 9.17) is 5.73 Å². The van der Waals surface area contributed by atoms with Crippen molar-refractivity contribution in [2.24, 2.45) is 11.7 Å². The average molecular weight is 274 g/mol. The predicted octanol–water partition coefficient (Wildman–Crippen LogP) is 1.71. The van der Waals surface area contributed by atoms with Gasteiger partial charge < -0.3 is 5.73 Å². The molecule has 0 spiro atoms. The zero-order valence-corrected chi connectivity index (χ0v) is 12.4. The third kappa shape index (κ3) is 3.25. The standard InChI is InChI=1S/C13H26N2O2S/c1-11(12-6-7-12)15(2)18(16,17)10-13(14)8-4-3-5-9-13/h11-12H,3-10,14H2,1-2H3/t11-/m0/s1. The molecule has 18 heavy (non-hydrogen) atoms. The smallest absolute Gasteiger partial charge is 0.215 e. The Morgan fingerprint density at radius 3 is 2.33 bits per heavy atom. The summed E-state index contributed by atoms with van der Waals surface area (Å²) in [4.78, 5) is 0. The Bertz CT molecular complexity index is 384. The van der Waals surface area contributed by atoms with Gasteiger partial charge in [0.1, 0.15) is 0 Å². The zero-order chi connectivity index (χ0) is 13.4. The highest BCUT2D eigenvalue weighted by atomic mass is 32.2. The number of hydrogen-bond donors (Lipinski definition) is 1. The Morgan fingerprint density at radius 1 is 1.28 bits per heavy atom. The second kappa shape index (κ2) is 5.10. The molecule has 106 valence electrons. The Kier molecular flexibility index (Phi) is 4.04. The second-order valence-corrected chi connectivity index (χ2v) is 8.30. The normalized spacial score (nSPS) is 26.2. The van der Waals surface area contributed by atoms with Crippen molar-refractivity contribution >= 4 is 10.0 Å². The minimum absolute atomic E-state index is 0.119. The first-order chi connectivity index (χ1) is 8.34. The maximum atomic E-state index is 12.4. The van der Waals surface area contributed by atoms with Gasteiger partial charge in [-0.05, 0) is 38.5 Å². The lowest BCUT2D eigenvalue weighted by Gasteiger charge is -2.35. The van der Waals surface area contributed by atoms with E-state index in [1.165, 1.54) is 6.42 Å². The van der Waals surface area contributed by atoms with Crippen LogP contribution in [0.4, 0.5) is 0 Å². The van der Waals surface area contributed by atoms with Gasteiger partial charge in [-0.15, -0.1) is 0 Å². The van der Waals surface area contributed by atoms with Crippen molar-refractivity contribution < 1.29 is 8.42 Å². The molecule has 0 aromatic heterocycles. The molecule has 2 saturated carbocycles. The molecule has 5 heteroatoms. The fourth-order valence-electron chi connectivity index (χ4n) is 2.99. The summed E-state index contributed by atoms with van der Waals surface area (Å²) in [6, 6.07) is 0.127. The molecular formula is C13H26N2O2S. The van der Waals surface area contributed by atoms with Gasteiger partial charge in [-0.1, -0.05) is 19.3 Å². The summed E-state index contributed by atoms with van der Waals surface area (Å²) >= 11 is 0. The zero-order valence-electron chi connectivity index (χ0n) is 11.6. The van der Waals surface area contributed by atoms with E-state index in [9.17, 15) is 8.42 Å². The van der Waals surface area contributed by atoms with Crippen LogP contribution >= 0.6 is 0 Å². The maximum absolute atomic E-state index is 12.4. The van der Waals surface area contributed by atoms with Gasteiger partial charge in [0.15, 0.2) is 0 Å². The lowest BCUT2D eigenvalue weighted by atomic mass is 9.84. The second-order valence-electron chi connectivity index (χ2n) is 6.27. The largest absolute Gasteiger partial charge is 0.324 e. The summed E-state index contributed by atoms with van der Waals surface area (Å²) < 4.78 is 26.4. The van der Waals surface area contributed by atoms with E-state index in [1.54, 1.807) is 11.4 Å². The molecule has 0 amide bonds. The molecule has 0 saturated heterocycles. The van der Waals surface area contributed by atoms with Crippen LogP contribution in [0.3, 0.4) is 0 Å². The monoisotopic (exact) mass is 274 g/mol. The van der Waals surface area contributed by atoms with E-state index in [-0.39, 0.29) is 11.8 Å². The van der Waals surface area contributed by atoms with Gasteiger partial charge in [0.05, 0.1) is 5.75 Å². The number of nitrogens with two attached hydrogens (primary N) is 1. The third-order valence-corrected chi connectivity index (χ3v) is 6.79. The van der Waals surface area contributed by atoms with Gasteiger partial charge in [0, 0.05) is 18.6 Å². The Hall–Kier alpha value is -0.130. The number of nitrogens with zero attached hydrogens (tertiary/aromatic N) is 1. The minimum atomic E-state index is -3.21. The number of hydrogen-bond acceptors (Lipinski definition) is 3. The fourth-order valence-corrected chi connectivity index (χ4v) is 4.89. The maximum Gasteiger partial charge on any atom is 0.215 e. The first kappa shape index (κ1) is 14.3. The van der Waals surface area contributed by atoms with E-state index in [0.29, 0.717) is 5.92 Å². The molecule has 2 aliphatic rings. The van der Waals surface area contributed by atoms with Crippen molar-refractivity contribution in [3.8, 4) is 0 Å². The molecule has 0 aromatic carbocycles. The van der Waals surface area contributed by atoms with Crippen LogP contribution in [0.2, 0.25) is 0 Å². The molecule has 1 atom stereocenters. The summed E-state index contributed by atoms with van der Waals surface area (Å²) in [6.45, 7) is 2.01. The van der Waals surface area contributed by atoms with Crippen LogP contribution in [0.5, 0.6) is 0 Å². The summed E-state index contributed by atoms with van der Waals surface area (Å²) in [6.07, 6.45) is 7.33. The topological polar surface area (TPSA) is 63.4 Å². The third-order valence-electron chi connectivity index (χ3n) is 4.64. The SMILES string of the molecule is C[C@@H](C1CC1)N(C)S(=O)(=O)CC1(N)CCCCC1. The van der Waals surface area contributed by atoms with Gasteiger partial charge in [-0.2, -0.15) is 0 Å². The molecule has 0 unspecified atom stereocenters. The molecule has 0 bridgehead atoms. The van der Waals surface area contributed by atoms with Gasteiger partial charge in [0.2, 0.25) is 10.0 Å². The molecule has 2 rings (SSSR count). The summed E-state index contributed by atoms with van der Waals surface area (Å²) in [5.74, 6) is 0.679. The first-order valence-corrected chi connectivity index (χ1v) is 8.70. The van der Waals surface area contributed by atoms with Crippen LogP contribution in [0.25, 0.3) is 0 Å². The highest BCUT2D eigenvalue weighted by Gasteiger charge is 2.39. The molecule has 2 N–H and O–H groups in total. The number of rotatable bonds is 5. The summed E-state index contributed by atoms with van der Waals surface area (Å²) in [7, 11) is -1.50. The van der Waals surface area contributed by atoms with Crippen molar-refractivity contribution in [2.45, 2.75) is 63.5 Å². The van der Waals surface area contributed by atoms with Crippen LogP contribution in [0.1, 0.15) is 51.9 Å². The minimum Gasteiger partial charge on any atom is -0.324 e. The van der Waals surface area contributed by atoms with Crippen molar-refractivity contribution in [2.75, 3.05) is 12.8 Å². The van der Waals surface area contributed by atoms with Gasteiger partial charge >= 0.3 is 0 Å². The van der Waals surface area contributed by atoms with E-state index in [1.807, 2.05) is 6.92 Å². The van der Waals surface area contributed by atoms with Crippen molar-refractivity contribution in [3.05, 3.63) is 0 Å². The lowest BCUT2D eigenvalue weighted by Crippen LogP contribution is -2.51. The highest BCUT2D eigenvalue weighted by molar-refractivity contribution is 7.89. The fraction of sp³-hybridized carbons (Fsp3) is 1.00. The first-order valence-electron chi connectivity index (χ1n) is 7.09. The van der Waals surface area contributed by atoms with Crippen LogP contribution in [-0.4, -0.2) is 37.1 Å². The predicted molar refractivity (Wildman–Crippen MR) is 73.7 cm³/mol. The van der Waals surface area contributed by atoms with E-state index >= 15 is 0 Å². The van der Waals surface area contributed by atoms with Crippen molar-refractivity contribution in [1.29, 1.82) is 0 Å². The molecule has 0 heterocycles. The molecular weight excluding hydrogens is 248 g/mol. The van der Waals surface area contributed by atoms with Crippen LogP contribution < -0.4 is 5.73 Å². The summed E-state index contributed by atoms with van der Waals surface area (Å²) in [5, 5.41) is 0. The molecule has 0 aliphatic heterocycles. The molecule has 0 aromatic rings. The Balaban J connectivity index is 2.01.